The molecule has 2 rings (SSSR count). The first-order chi connectivity index (χ1) is 7.59. The number of nitrogen functional groups attached to an aromatic ring is 1. The monoisotopic (exact) mass is 240 g/mol. The van der Waals surface area contributed by atoms with Gasteiger partial charge in [-0.2, -0.15) is 4.68 Å². The highest BCUT2D eigenvalue weighted by atomic mass is 35.5. The van der Waals surface area contributed by atoms with E-state index in [0.717, 1.165) is 4.68 Å². The molecule has 0 spiro atoms. The van der Waals surface area contributed by atoms with Gasteiger partial charge in [-0.15, -0.1) is 5.10 Å². The number of hydrogen-bond acceptors (Lipinski definition) is 4. The Labute approximate surface area is 94.6 Å². The van der Waals surface area contributed by atoms with Crippen molar-refractivity contribution >= 4 is 22.7 Å². The molecular formula is C9H6ClFN4O. The molecule has 0 saturated heterocycles. The number of rotatable bonds is 2. The van der Waals surface area contributed by atoms with Gasteiger partial charge in [0, 0.05) is 0 Å². The number of benzene rings is 1. The van der Waals surface area contributed by atoms with E-state index in [9.17, 15) is 9.18 Å². The number of carbonyl (C=O) groups excluding carboxylic acids is 1. The predicted molar refractivity (Wildman–Crippen MR) is 55.9 cm³/mol. The Kier molecular flexibility index (Phi) is 2.57. The molecule has 5 nitrogen and oxygen atoms in total. The van der Waals surface area contributed by atoms with Crippen molar-refractivity contribution < 1.29 is 9.18 Å². The van der Waals surface area contributed by atoms with Crippen LogP contribution in [0, 0.1) is 5.82 Å². The number of aromatic nitrogens is 3. The Balaban J connectivity index is 2.53. The van der Waals surface area contributed by atoms with Gasteiger partial charge in [-0.3, -0.25) is 4.79 Å². The molecular weight excluding hydrogens is 235 g/mol. The quantitative estimate of drug-likeness (QED) is 0.805. The van der Waals surface area contributed by atoms with Gasteiger partial charge in [-0.05, 0) is 29.8 Å². The van der Waals surface area contributed by atoms with Crippen molar-refractivity contribution in [2.45, 2.75) is 0 Å². The zero-order valence-corrected chi connectivity index (χ0v) is 8.65. The zero-order chi connectivity index (χ0) is 11.7. The number of halogens is 2. The Morgan fingerprint density at radius 2 is 2.25 bits per heavy atom. The van der Waals surface area contributed by atoms with Crippen LogP contribution < -0.4 is 5.73 Å². The van der Waals surface area contributed by atoms with Crippen LogP contribution >= 0.6 is 11.6 Å². The largest absolute Gasteiger partial charge is 0.382 e. The molecule has 2 N–H and O–H groups in total. The number of anilines is 1. The van der Waals surface area contributed by atoms with Crippen LogP contribution in [0.2, 0.25) is 0 Å². The maximum Gasteiger partial charge on any atom is 0.276 e. The fourth-order valence-corrected chi connectivity index (χ4v) is 1.36. The van der Waals surface area contributed by atoms with Crippen molar-refractivity contribution in [3.05, 3.63) is 35.8 Å². The van der Waals surface area contributed by atoms with E-state index < -0.39 is 11.1 Å². The number of nitrogens with zero attached hydrogens (tertiary/aromatic N) is 3. The summed E-state index contributed by atoms with van der Waals surface area (Å²) in [7, 11) is 0. The third-order valence-corrected chi connectivity index (χ3v) is 2.12. The minimum atomic E-state index is -0.805. The van der Waals surface area contributed by atoms with Gasteiger partial charge in [0.15, 0.2) is 11.5 Å². The number of nitrogens with two attached hydrogens (primary N) is 1. The van der Waals surface area contributed by atoms with Crippen molar-refractivity contribution in [1.82, 2.24) is 15.0 Å². The molecule has 82 valence electrons. The zero-order valence-electron chi connectivity index (χ0n) is 7.89. The third-order valence-electron chi connectivity index (χ3n) is 1.94. The molecule has 0 unspecified atom stereocenters. The van der Waals surface area contributed by atoms with E-state index in [1.54, 1.807) is 6.07 Å². The van der Waals surface area contributed by atoms with E-state index in [1.165, 1.54) is 18.2 Å². The third kappa shape index (κ3) is 1.74. The Morgan fingerprint density at radius 3 is 2.81 bits per heavy atom. The minimum Gasteiger partial charge on any atom is -0.382 e. The average molecular weight is 241 g/mol. The lowest BCUT2D eigenvalue weighted by Crippen LogP contribution is -2.04. The summed E-state index contributed by atoms with van der Waals surface area (Å²) >= 11 is 5.23. The summed E-state index contributed by atoms with van der Waals surface area (Å²) in [6.45, 7) is 0. The fourth-order valence-electron chi connectivity index (χ4n) is 1.23. The highest BCUT2D eigenvalue weighted by Gasteiger charge is 2.16. The molecule has 0 bridgehead atoms. The Bertz CT molecular complexity index is 554. The molecule has 0 aliphatic heterocycles. The summed E-state index contributed by atoms with van der Waals surface area (Å²) in [5.74, 6) is -0.461. The molecule has 0 saturated carbocycles. The number of carbonyl (C=O) groups is 1. The minimum absolute atomic E-state index is 0.0226. The molecule has 0 atom stereocenters. The van der Waals surface area contributed by atoms with Gasteiger partial charge in [0.2, 0.25) is 0 Å². The molecule has 16 heavy (non-hydrogen) atoms. The first-order valence-electron chi connectivity index (χ1n) is 4.26. The Hall–Kier alpha value is -1.95. The molecule has 1 heterocycles. The van der Waals surface area contributed by atoms with Gasteiger partial charge in [0.25, 0.3) is 5.24 Å². The standard InChI is InChI=1S/C9H6ClFN4O/c10-8(16)7-9(12)15(14-13-7)6-3-1-2-5(11)4-6/h1-4H,12H2. The van der Waals surface area contributed by atoms with E-state index in [4.69, 9.17) is 17.3 Å². The van der Waals surface area contributed by atoms with E-state index >= 15 is 0 Å². The average Bonchev–Trinajstić information content (AvgIpc) is 2.60. The van der Waals surface area contributed by atoms with Gasteiger partial charge < -0.3 is 5.73 Å². The normalized spacial score (nSPS) is 10.4. The van der Waals surface area contributed by atoms with Crippen LogP contribution in [-0.2, 0) is 0 Å². The van der Waals surface area contributed by atoms with Crippen LogP contribution in [0.5, 0.6) is 0 Å². The molecule has 0 aliphatic rings. The van der Waals surface area contributed by atoms with E-state index in [-0.39, 0.29) is 11.5 Å². The van der Waals surface area contributed by atoms with Gasteiger partial charge in [0.1, 0.15) is 5.82 Å². The SMILES string of the molecule is Nc1c(C(=O)Cl)nnn1-c1cccc(F)c1. The fraction of sp³-hybridized carbons (Fsp3) is 0. The van der Waals surface area contributed by atoms with Gasteiger partial charge in [-0.25, -0.2) is 4.39 Å². The summed E-state index contributed by atoms with van der Waals surface area (Å²) < 4.78 is 14.1. The van der Waals surface area contributed by atoms with Crippen LogP contribution in [0.25, 0.3) is 5.69 Å². The summed E-state index contributed by atoms with van der Waals surface area (Å²) in [5, 5.41) is 6.32. The topological polar surface area (TPSA) is 73.8 Å². The lowest BCUT2D eigenvalue weighted by atomic mass is 10.3. The maximum absolute atomic E-state index is 13.0. The summed E-state index contributed by atoms with van der Waals surface area (Å²) in [6, 6.07) is 5.57. The molecule has 0 radical (unpaired) electrons. The van der Waals surface area contributed by atoms with Crippen LogP contribution in [0.1, 0.15) is 10.5 Å². The number of hydrogen-bond donors (Lipinski definition) is 1. The van der Waals surface area contributed by atoms with Gasteiger partial charge in [0.05, 0.1) is 5.69 Å². The van der Waals surface area contributed by atoms with Crippen LogP contribution in [0.3, 0.4) is 0 Å². The smallest absolute Gasteiger partial charge is 0.276 e. The molecule has 7 heteroatoms. The van der Waals surface area contributed by atoms with Crippen LogP contribution in [0.4, 0.5) is 10.2 Å². The first-order valence-corrected chi connectivity index (χ1v) is 4.64. The second-order valence-electron chi connectivity index (χ2n) is 2.99. The highest BCUT2D eigenvalue weighted by molar-refractivity contribution is 6.67. The second-order valence-corrected chi connectivity index (χ2v) is 3.33. The summed E-state index contributed by atoms with van der Waals surface area (Å²) in [6.07, 6.45) is 0. The molecule has 1 aromatic carbocycles. The molecule has 0 amide bonds. The van der Waals surface area contributed by atoms with E-state index in [2.05, 4.69) is 10.3 Å². The predicted octanol–water partition coefficient (Wildman–Crippen LogP) is 1.37. The summed E-state index contributed by atoms with van der Waals surface area (Å²) in [5.41, 5.74) is 5.82. The molecule has 1 aromatic heterocycles. The van der Waals surface area contributed by atoms with Crippen molar-refractivity contribution in [2.75, 3.05) is 5.73 Å². The van der Waals surface area contributed by atoms with Gasteiger partial charge >= 0.3 is 0 Å². The Morgan fingerprint density at radius 1 is 1.50 bits per heavy atom. The van der Waals surface area contributed by atoms with Crippen molar-refractivity contribution in [3.8, 4) is 5.69 Å². The van der Waals surface area contributed by atoms with Crippen molar-refractivity contribution in [3.63, 3.8) is 0 Å². The van der Waals surface area contributed by atoms with Crippen LogP contribution in [0.15, 0.2) is 24.3 Å². The van der Waals surface area contributed by atoms with Crippen LogP contribution in [-0.4, -0.2) is 20.2 Å². The van der Waals surface area contributed by atoms with Gasteiger partial charge in [-0.1, -0.05) is 11.3 Å². The van der Waals surface area contributed by atoms with Crippen molar-refractivity contribution in [2.24, 2.45) is 0 Å². The van der Waals surface area contributed by atoms with E-state index in [1.807, 2.05) is 0 Å². The van der Waals surface area contributed by atoms with Crippen molar-refractivity contribution in [1.29, 1.82) is 0 Å². The first kappa shape index (κ1) is 10.6. The lowest BCUT2D eigenvalue weighted by molar-refractivity contribution is 0.107. The lowest BCUT2D eigenvalue weighted by Gasteiger charge is -2.02. The maximum atomic E-state index is 13.0. The summed E-state index contributed by atoms with van der Waals surface area (Å²) in [4.78, 5) is 10.9. The molecule has 0 fully saturated rings. The highest BCUT2D eigenvalue weighted by Crippen LogP contribution is 2.16. The molecule has 0 aliphatic carbocycles. The van der Waals surface area contributed by atoms with E-state index in [0.29, 0.717) is 5.69 Å². The second kappa shape index (κ2) is 3.90. The molecule has 2 aromatic rings.